The van der Waals surface area contributed by atoms with Crippen molar-refractivity contribution >= 4 is 6.03 Å². The van der Waals surface area contributed by atoms with Crippen LogP contribution in [-0.4, -0.2) is 55.2 Å². The van der Waals surface area contributed by atoms with Gasteiger partial charge in [0.15, 0.2) is 0 Å². The highest BCUT2D eigenvalue weighted by Crippen LogP contribution is 2.13. The van der Waals surface area contributed by atoms with E-state index in [4.69, 9.17) is 4.74 Å². The minimum atomic E-state index is 0.000250. The Hall–Kier alpha value is -2.53. The van der Waals surface area contributed by atoms with E-state index in [2.05, 4.69) is 47.5 Å². The molecule has 27 heavy (non-hydrogen) atoms. The number of benzene rings is 2. The van der Waals surface area contributed by atoms with Gasteiger partial charge in [-0.1, -0.05) is 49.4 Å². The first-order valence-electron chi connectivity index (χ1n) is 9.75. The Morgan fingerprint density at radius 1 is 1.00 bits per heavy atom. The number of aryl methyl sites for hydroxylation is 1. The van der Waals surface area contributed by atoms with Crippen LogP contribution in [0.5, 0.6) is 5.75 Å². The number of urea groups is 1. The molecule has 1 saturated heterocycles. The van der Waals surface area contributed by atoms with Crippen molar-refractivity contribution in [2.75, 3.05) is 39.3 Å². The highest BCUT2D eigenvalue weighted by Gasteiger charge is 2.20. The molecule has 2 amide bonds. The largest absolute Gasteiger partial charge is 0.492 e. The molecule has 0 spiro atoms. The Bertz CT molecular complexity index is 713. The van der Waals surface area contributed by atoms with Gasteiger partial charge in [-0.2, -0.15) is 0 Å². The van der Waals surface area contributed by atoms with Crippen molar-refractivity contribution in [1.82, 2.24) is 15.1 Å². The quantitative estimate of drug-likeness (QED) is 0.765. The van der Waals surface area contributed by atoms with E-state index in [0.717, 1.165) is 44.9 Å². The predicted molar refractivity (Wildman–Crippen MR) is 108 cm³/mol. The van der Waals surface area contributed by atoms with E-state index in [1.54, 1.807) is 0 Å². The first kappa shape index (κ1) is 19.2. The van der Waals surface area contributed by atoms with Gasteiger partial charge in [-0.25, -0.2) is 4.79 Å². The fourth-order valence-electron chi connectivity index (χ4n) is 3.24. The molecule has 0 atom stereocenters. The standard InChI is InChI=1S/C22H29N3O2/c1-2-19-9-6-10-21(17-19)27-16-11-23-22(26)25-14-12-24(13-15-25)18-20-7-4-3-5-8-20/h3-10,17H,2,11-16,18H2,1H3,(H,23,26). The molecular formula is C22H29N3O2. The lowest BCUT2D eigenvalue weighted by Crippen LogP contribution is -2.51. The van der Waals surface area contributed by atoms with E-state index < -0.39 is 0 Å². The summed E-state index contributed by atoms with van der Waals surface area (Å²) in [5.41, 5.74) is 2.57. The lowest BCUT2D eigenvalue weighted by molar-refractivity contribution is 0.134. The molecule has 2 aromatic carbocycles. The fourth-order valence-corrected chi connectivity index (χ4v) is 3.24. The molecule has 1 heterocycles. The molecule has 5 nitrogen and oxygen atoms in total. The molecule has 1 N–H and O–H groups in total. The number of nitrogens with one attached hydrogen (secondary N) is 1. The third-order valence-corrected chi connectivity index (χ3v) is 4.86. The number of piperazine rings is 1. The highest BCUT2D eigenvalue weighted by molar-refractivity contribution is 5.74. The molecule has 1 aliphatic rings. The van der Waals surface area contributed by atoms with E-state index >= 15 is 0 Å². The number of hydrogen-bond donors (Lipinski definition) is 1. The average Bonchev–Trinajstić information content (AvgIpc) is 2.72. The lowest BCUT2D eigenvalue weighted by Gasteiger charge is -2.34. The summed E-state index contributed by atoms with van der Waals surface area (Å²) < 4.78 is 5.73. The second kappa shape index (κ2) is 9.97. The molecular weight excluding hydrogens is 338 g/mol. The topological polar surface area (TPSA) is 44.8 Å². The van der Waals surface area contributed by atoms with Gasteiger partial charge in [0.25, 0.3) is 0 Å². The van der Waals surface area contributed by atoms with Crippen LogP contribution in [0.3, 0.4) is 0 Å². The number of rotatable bonds is 7. The van der Waals surface area contributed by atoms with Crippen LogP contribution in [0.1, 0.15) is 18.1 Å². The van der Waals surface area contributed by atoms with Gasteiger partial charge in [-0.05, 0) is 29.7 Å². The molecule has 3 rings (SSSR count). The van der Waals surface area contributed by atoms with Crippen molar-refractivity contribution in [2.45, 2.75) is 19.9 Å². The number of ether oxygens (including phenoxy) is 1. The Labute approximate surface area is 161 Å². The summed E-state index contributed by atoms with van der Waals surface area (Å²) in [5.74, 6) is 0.859. The molecule has 1 fully saturated rings. The molecule has 5 heteroatoms. The van der Waals surface area contributed by atoms with Crippen molar-refractivity contribution in [3.8, 4) is 5.75 Å². The second-order valence-corrected chi connectivity index (χ2v) is 6.83. The zero-order chi connectivity index (χ0) is 18.9. The van der Waals surface area contributed by atoms with Gasteiger partial charge in [-0.3, -0.25) is 4.90 Å². The molecule has 0 aliphatic carbocycles. The van der Waals surface area contributed by atoms with E-state index in [1.165, 1.54) is 11.1 Å². The van der Waals surface area contributed by atoms with Crippen LogP contribution >= 0.6 is 0 Å². The Kier molecular flexibility index (Phi) is 7.11. The van der Waals surface area contributed by atoms with Crippen LogP contribution in [-0.2, 0) is 13.0 Å². The predicted octanol–water partition coefficient (Wildman–Crippen LogP) is 3.16. The number of hydrogen-bond acceptors (Lipinski definition) is 3. The maximum absolute atomic E-state index is 12.3. The monoisotopic (exact) mass is 367 g/mol. The molecule has 0 radical (unpaired) electrons. The average molecular weight is 367 g/mol. The molecule has 144 valence electrons. The molecule has 0 bridgehead atoms. The summed E-state index contributed by atoms with van der Waals surface area (Å²) >= 11 is 0. The minimum Gasteiger partial charge on any atom is -0.492 e. The fraction of sp³-hybridized carbons (Fsp3) is 0.409. The van der Waals surface area contributed by atoms with Gasteiger partial charge in [0.2, 0.25) is 0 Å². The van der Waals surface area contributed by atoms with Crippen LogP contribution in [0.2, 0.25) is 0 Å². The lowest BCUT2D eigenvalue weighted by atomic mass is 10.2. The van der Waals surface area contributed by atoms with Crippen LogP contribution in [0, 0.1) is 0 Å². The molecule has 2 aromatic rings. The first-order valence-corrected chi connectivity index (χ1v) is 9.75. The number of nitrogens with zero attached hydrogens (tertiary/aromatic N) is 2. The first-order chi connectivity index (χ1) is 13.2. The number of amides is 2. The summed E-state index contributed by atoms with van der Waals surface area (Å²) in [6.07, 6.45) is 0.990. The minimum absolute atomic E-state index is 0.000250. The van der Waals surface area contributed by atoms with Crippen LogP contribution in [0.15, 0.2) is 54.6 Å². The van der Waals surface area contributed by atoms with Crippen molar-refractivity contribution in [2.24, 2.45) is 0 Å². The third kappa shape index (κ3) is 6.00. The van der Waals surface area contributed by atoms with Gasteiger partial charge in [0.05, 0.1) is 6.54 Å². The molecule has 0 unspecified atom stereocenters. The van der Waals surface area contributed by atoms with Crippen molar-refractivity contribution < 1.29 is 9.53 Å². The molecule has 0 saturated carbocycles. The van der Waals surface area contributed by atoms with Gasteiger partial charge < -0.3 is 15.0 Å². The van der Waals surface area contributed by atoms with E-state index in [9.17, 15) is 4.79 Å². The van der Waals surface area contributed by atoms with E-state index in [1.807, 2.05) is 29.2 Å². The van der Waals surface area contributed by atoms with E-state index in [0.29, 0.717) is 13.2 Å². The van der Waals surface area contributed by atoms with Crippen molar-refractivity contribution in [1.29, 1.82) is 0 Å². The van der Waals surface area contributed by atoms with Gasteiger partial charge in [0, 0.05) is 32.7 Å². The van der Waals surface area contributed by atoms with Crippen LogP contribution in [0.4, 0.5) is 4.79 Å². The molecule has 1 aliphatic heterocycles. The van der Waals surface area contributed by atoms with Gasteiger partial charge in [0.1, 0.15) is 12.4 Å². The zero-order valence-electron chi connectivity index (χ0n) is 16.1. The smallest absolute Gasteiger partial charge is 0.317 e. The second-order valence-electron chi connectivity index (χ2n) is 6.83. The number of carbonyl (C=O) groups is 1. The van der Waals surface area contributed by atoms with Gasteiger partial charge in [-0.15, -0.1) is 0 Å². The summed E-state index contributed by atoms with van der Waals surface area (Å²) in [7, 11) is 0. The molecule has 0 aromatic heterocycles. The summed E-state index contributed by atoms with van der Waals surface area (Å²) in [6.45, 7) is 7.40. The van der Waals surface area contributed by atoms with E-state index in [-0.39, 0.29) is 6.03 Å². The third-order valence-electron chi connectivity index (χ3n) is 4.86. The Morgan fingerprint density at radius 3 is 2.48 bits per heavy atom. The van der Waals surface area contributed by atoms with Crippen molar-refractivity contribution in [3.63, 3.8) is 0 Å². The Balaban J connectivity index is 1.33. The zero-order valence-corrected chi connectivity index (χ0v) is 16.1. The summed E-state index contributed by atoms with van der Waals surface area (Å²) in [5, 5.41) is 2.96. The summed E-state index contributed by atoms with van der Waals surface area (Å²) in [4.78, 5) is 16.6. The van der Waals surface area contributed by atoms with Crippen molar-refractivity contribution in [3.05, 3.63) is 65.7 Å². The maximum atomic E-state index is 12.3. The highest BCUT2D eigenvalue weighted by atomic mass is 16.5. The van der Waals surface area contributed by atoms with Crippen LogP contribution < -0.4 is 10.1 Å². The normalized spacial score (nSPS) is 14.8. The van der Waals surface area contributed by atoms with Crippen LogP contribution in [0.25, 0.3) is 0 Å². The number of carbonyl (C=O) groups excluding carboxylic acids is 1. The Morgan fingerprint density at radius 2 is 1.74 bits per heavy atom. The SMILES string of the molecule is CCc1cccc(OCCNC(=O)N2CCN(Cc3ccccc3)CC2)c1. The van der Waals surface area contributed by atoms with Gasteiger partial charge >= 0.3 is 6.03 Å². The maximum Gasteiger partial charge on any atom is 0.317 e. The summed E-state index contributed by atoms with van der Waals surface area (Å²) in [6, 6.07) is 18.6.